The molecule has 7 nitrogen and oxygen atoms in total. The van der Waals surface area contributed by atoms with Gasteiger partial charge in [-0.15, -0.1) is 0 Å². The normalized spacial score (nSPS) is 18.9. The maximum Gasteiger partial charge on any atom is 2.00 e. The fourth-order valence-corrected chi connectivity index (χ4v) is 0.668. The SMILES string of the molecule is O=C(O)C(O)C(O)C(O)C(O)CO.[Be+2].[H-].[H-]. The molecule has 0 fully saturated rings. The van der Waals surface area contributed by atoms with Crippen LogP contribution in [0, 0.1) is 0 Å². The van der Waals surface area contributed by atoms with Crippen LogP contribution in [-0.2, 0) is 4.79 Å². The van der Waals surface area contributed by atoms with E-state index in [2.05, 4.69) is 0 Å². The molecule has 0 aromatic heterocycles. The summed E-state index contributed by atoms with van der Waals surface area (Å²) in [6.45, 7) is -0.843. The minimum atomic E-state index is -2.20. The molecule has 6 N–H and O–H groups in total. The Labute approximate surface area is 86.4 Å². The van der Waals surface area contributed by atoms with Gasteiger partial charge in [0.15, 0.2) is 6.10 Å². The molecule has 14 heavy (non-hydrogen) atoms. The molecule has 0 bridgehead atoms. The van der Waals surface area contributed by atoms with Gasteiger partial charge in [0.2, 0.25) is 0 Å². The van der Waals surface area contributed by atoms with Crippen LogP contribution in [0.2, 0.25) is 0 Å². The molecule has 0 aromatic carbocycles. The van der Waals surface area contributed by atoms with Gasteiger partial charge >= 0.3 is 16.1 Å². The molecule has 0 aromatic rings. The molecule has 0 aliphatic carbocycles. The zero-order chi connectivity index (χ0) is 10.6. The number of aliphatic hydroxyl groups is 5. The van der Waals surface area contributed by atoms with E-state index in [0.29, 0.717) is 0 Å². The molecule has 4 atom stereocenters. The number of aliphatic carboxylic acids is 1. The minimum absolute atomic E-state index is 0. The van der Waals surface area contributed by atoms with E-state index in [9.17, 15) is 4.79 Å². The fourth-order valence-electron chi connectivity index (χ4n) is 0.668. The van der Waals surface area contributed by atoms with Crippen LogP contribution in [0.3, 0.4) is 0 Å². The van der Waals surface area contributed by atoms with Gasteiger partial charge in [0.1, 0.15) is 18.3 Å². The van der Waals surface area contributed by atoms with Crippen LogP contribution in [0.1, 0.15) is 2.85 Å². The Balaban J connectivity index is -0.000000240. The van der Waals surface area contributed by atoms with Crippen molar-refractivity contribution in [3.8, 4) is 0 Å². The Kier molecular flexibility index (Phi) is 7.75. The summed E-state index contributed by atoms with van der Waals surface area (Å²) in [6, 6.07) is 0. The van der Waals surface area contributed by atoms with Gasteiger partial charge in [0.25, 0.3) is 0 Å². The van der Waals surface area contributed by atoms with Gasteiger partial charge in [-0.1, -0.05) is 0 Å². The number of hydrogen-bond acceptors (Lipinski definition) is 6. The number of aliphatic hydroxyl groups excluding tert-OH is 5. The van der Waals surface area contributed by atoms with Crippen LogP contribution in [0.5, 0.6) is 0 Å². The van der Waals surface area contributed by atoms with E-state index < -0.39 is 37.0 Å². The van der Waals surface area contributed by atoms with Crippen molar-refractivity contribution in [1.82, 2.24) is 0 Å². The second kappa shape index (κ2) is 6.83. The van der Waals surface area contributed by atoms with Crippen LogP contribution in [0.25, 0.3) is 0 Å². The largest absolute Gasteiger partial charge is 2.00 e. The van der Waals surface area contributed by atoms with Gasteiger partial charge in [0, 0.05) is 0 Å². The third-order valence-corrected chi connectivity index (χ3v) is 1.51. The van der Waals surface area contributed by atoms with E-state index in [4.69, 9.17) is 30.6 Å². The molecule has 0 amide bonds. The molecule has 0 radical (unpaired) electrons. The van der Waals surface area contributed by atoms with Gasteiger partial charge in [-0.3, -0.25) is 0 Å². The molecule has 0 heterocycles. The molecule has 0 saturated carbocycles. The van der Waals surface area contributed by atoms with Crippen molar-refractivity contribution in [2.75, 3.05) is 6.61 Å². The molecule has 0 aliphatic heterocycles. The predicted molar refractivity (Wildman–Crippen MR) is 46.7 cm³/mol. The second-order valence-electron chi connectivity index (χ2n) is 2.51. The third kappa shape index (κ3) is 4.10. The monoisotopic (exact) mass is 207 g/mol. The summed E-state index contributed by atoms with van der Waals surface area (Å²) in [5.74, 6) is -1.73. The molecule has 8 heteroatoms. The number of carboxylic acids is 1. The van der Waals surface area contributed by atoms with Crippen molar-refractivity contribution < 1.29 is 38.3 Å². The summed E-state index contributed by atoms with van der Waals surface area (Å²) in [7, 11) is 0. The van der Waals surface area contributed by atoms with Crippen molar-refractivity contribution in [2.24, 2.45) is 0 Å². The van der Waals surface area contributed by atoms with Crippen LogP contribution >= 0.6 is 0 Å². The maximum absolute atomic E-state index is 10.1. The van der Waals surface area contributed by atoms with Crippen molar-refractivity contribution in [1.29, 1.82) is 0 Å². The first-order chi connectivity index (χ1) is 5.91. The van der Waals surface area contributed by atoms with Gasteiger partial charge in [-0.05, 0) is 0 Å². The zero-order valence-electron chi connectivity index (χ0n) is 9.32. The van der Waals surface area contributed by atoms with E-state index in [-0.39, 0.29) is 13.0 Å². The average Bonchev–Trinajstić information content (AvgIpc) is 2.12. The van der Waals surface area contributed by atoms with Gasteiger partial charge < -0.3 is 33.5 Å². The topological polar surface area (TPSA) is 138 Å². The standard InChI is InChI=1S/C6H12O7.Be.2H/c7-1-2(8)3(9)4(10)5(11)6(12)13;;;/h2-5,7-11H,1H2,(H,12,13);;;/q;+2;2*-1. The van der Waals surface area contributed by atoms with Crippen LogP contribution in [0.15, 0.2) is 0 Å². The van der Waals surface area contributed by atoms with Crippen LogP contribution < -0.4 is 0 Å². The predicted octanol–water partition coefficient (Wildman–Crippen LogP) is -3.65. The first-order valence-corrected chi connectivity index (χ1v) is 3.47. The molecule has 0 saturated heterocycles. The Morgan fingerprint density at radius 2 is 1.57 bits per heavy atom. The molecule has 4 unspecified atom stereocenters. The third-order valence-electron chi connectivity index (χ3n) is 1.51. The van der Waals surface area contributed by atoms with E-state index in [1.54, 1.807) is 0 Å². The first-order valence-electron chi connectivity index (χ1n) is 3.47. The van der Waals surface area contributed by atoms with Gasteiger partial charge in [-0.2, -0.15) is 0 Å². The molecule has 82 valence electrons. The zero-order valence-corrected chi connectivity index (χ0v) is 7.32. The van der Waals surface area contributed by atoms with E-state index >= 15 is 0 Å². The first kappa shape index (κ1) is 15.9. The Bertz CT molecular complexity index is 184. The molecular weight excluding hydrogens is 193 g/mol. The Morgan fingerprint density at radius 3 is 1.86 bits per heavy atom. The smallest absolute Gasteiger partial charge is 1.00 e. The molecular formula is C6H14BeO7. The minimum Gasteiger partial charge on any atom is -1.00 e. The van der Waals surface area contributed by atoms with Crippen molar-refractivity contribution in [2.45, 2.75) is 24.4 Å². The quantitative estimate of drug-likeness (QED) is 0.255. The van der Waals surface area contributed by atoms with E-state index in [0.717, 1.165) is 0 Å². The number of carboxylic acid groups (broad SMARTS) is 1. The summed E-state index contributed by atoms with van der Waals surface area (Å²) < 4.78 is 0. The van der Waals surface area contributed by atoms with Crippen molar-refractivity contribution in [3.05, 3.63) is 0 Å². The molecule has 0 spiro atoms. The number of rotatable bonds is 5. The summed E-state index contributed by atoms with van der Waals surface area (Å²) in [5.41, 5.74) is 0. The summed E-state index contributed by atoms with van der Waals surface area (Å²) in [6.07, 6.45) is -7.84. The maximum atomic E-state index is 10.1. The second-order valence-corrected chi connectivity index (χ2v) is 2.51. The van der Waals surface area contributed by atoms with Crippen LogP contribution in [-0.4, -0.2) is 77.8 Å². The van der Waals surface area contributed by atoms with E-state index in [1.807, 2.05) is 0 Å². The fraction of sp³-hybridized carbons (Fsp3) is 0.833. The summed E-state index contributed by atoms with van der Waals surface area (Å²) in [4.78, 5) is 10.1. The Morgan fingerprint density at radius 1 is 1.14 bits per heavy atom. The summed E-state index contributed by atoms with van der Waals surface area (Å²) >= 11 is 0. The van der Waals surface area contributed by atoms with Crippen LogP contribution in [0.4, 0.5) is 0 Å². The summed E-state index contributed by atoms with van der Waals surface area (Å²) in [5, 5.41) is 51.8. The Hall–Kier alpha value is -0.561. The number of carbonyl (C=O) groups is 1. The van der Waals surface area contributed by atoms with E-state index in [1.165, 1.54) is 0 Å². The van der Waals surface area contributed by atoms with Crippen molar-refractivity contribution >= 4 is 16.1 Å². The molecule has 0 aliphatic rings. The van der Waals surface area contributed by atoms with Gasteiger partial charge in [0.05, 0.1) is 6.61 Å². The number of hydrogen-bond donors (Lipinski definition) is 6. The van der Waals surface area contributed by atoms with Crippen molar-refractivity contribution in [3.63, 3.8) is 0 Å². The average molecular weight is 207 g/mol. The van der Waals surface area contributed by atoms with Gasteiger partial charge in [-0.25, -0.2) is 4.79 Å². The molecule has 0 rings (SSSR count).